The normalized spacial score (nSPS) is 10.9. The number of carbonyl (C=O) groups is 2. The zero-order valence-corrected chi connectivity index (χ0v) is 23.6. The quantitative estimate of drug-likeness (QED) is 0.258. The van der Waals surface area contributed by atoms with E-state index in [9.17, 15) is 18.0 Å². The molecule has 0 fully saturated rings. The van der Waals surface area contributed by atoms with Gasteiger partial charge in [0.15, 0.2) is 11.5 Å². The van der Waals surface area contributed by atoms with Crippen LogP contribution in [0.4, 0.5) is 11.4 Å². The number of methoxy groups -OCH3 is 2. The summed E-state index contributed by atoms with van der Waals surface area (Å²) >= 11 is 0. The zero-order chi connectivity index (χ0) is 29.2. The van der Waals surface area contributed by atoms with Gasteiger partial charge in [-0.1, -0.05) is 60.7 Å². The average molecular weight is 574 g/mol. The fourth-order valence-corrected chi connectivity index (χ4v) is 5.62. The van der Waals surface area contributed by atoms with Gasteiger partial charge in [0, 0.05) is 12.6 Å². The Labute approximate surface area is 239 Å². The third-order valence-electron chi connectivity index (χ3n) is 6.26. The number of nitrogens with zero attached hydrogens (tertiary/aromatic N) is 1. The highest BCUT2D eigenvalue weighted by Gasteiger charge is 2.28. The molecule has 212 valence electrons. The third-order valence-corrected chi connectivity index (χ3v) is 8.03. The van der Waals surface area contributed by atoms with Crippen molar-refractivity contribution in [1.82, 2.24) is 5.32 Å². The van der Waals surface area contributed by atoms with Crippen molar-refractivity contribution in [2.24, 2.45) is 0 Å². The molecular weight excluding hydrogens is 542 g/mol. The van der Waals surface area contributed by atoms with Gasteiger partial charge >= 0.3 is 0 Å². The van der Waals surface area contributed by atoms with E-state index in [2.05, 4.69) is 10.6 Å². The number of hydrogen-bond donors (Lipinski definition) is 2. The number of nitrogens with one attached hydrogen (secondary N) is 2. The number of hydrogen-bond acceptors (Lipinski definition) is 6. The van der Waals surface area contributed by atoms with Crippen molar-refractivity contribution in [3.05, 3.63) is 114 Å². The minimum absolute atomic E-state index is 0.0787. The van der Waals surface area contributed by atoms with Gasteiger partial charge in [-0.25, -0.2) is 8.42 Å². The van der Waals surface area contributed by atoms with Crippen molar-refractivity contribution in [3.8, 4) is 11.5 Å². The molecule has 0 aromatic heterocycles. The van der Waals surface area contributed by atoms with E-state index in [-0.39, 0.29) is 27.8 Å². The Hall–Kier alpha value is -4.83. The van der Waals surface area contributed by atoms with Crippen LogP contribution in [0.5, 0.6) is 11.5 Å². The van der Waals surface area contributed by atoms with E-state index in [0.29, 0.717) is 24.4 Å². The van der Waals surface area contributed by atoms with Crippen molar-refractivity contribution < 1.29 is 27.5 Å². The number of carbonyl (C=O) groups excluding carboxylic acids is 2. The number of sulfonamides is 1. The topological polar surface area (TPSA) is 114 Å². The summed E-state index contributed by atoms with van der Waals surface area (Å²) in [5.41, 5.74) is 1.92. The van der Waals surface area contributed by atoms with E-state index in [1.54, 1.807) is 54.6 Å². The van der Waals surface area contributed by atoms with Gasteiger partial charge in [-0.2, -0.15) is 0 Å². The monoisotopic (exact) mass is 573 g/mol. The molecule has 0 atom stereocenters. The molecule has 10 heteroatoms. The van der Waals surface area contributed by atoms with E-state index in [4.69, 9.17) is 9.47 Å². The Morgan fingerprint density at radius 1 is 0.780 bits per heavy atom. The molecule has 0 unspecified atom stereocenters. The second-order valence-corrected chi connectivity index (χ2v) is 10.8. The van der Waals surface area contributed by atoms with Crippen LogP contribution in [0.2, 0.25) is 0 Å². The average Bonchev–Trinajstić information content (AvgIpc) is 3.00. The van der Waals surface area contributed by atoms with E-state index < -0.39 is 22.5 Å². The Morgan fingerprint density at radius 2 is 1.41 bits per heavy atom. The van der Waals surface area contributed by atoms with E-state index in [1.165, 1.54) is 32.4 Å². The number of ether oxygens (including phenoxy) is 2. The SMILES string of the molecule is COc1ccc(S(=O)(=O)N(CC(=O)Nc2ccccc2C(=O)NCCc2ccccc2)c2ccccc2)cc1OC. The van der Waals surface area contributed by atoms with Crippen molar-refractivity contribution in [1.29, 1.82) is 0 Å². The molecule has 0 radical (unpaired) electrons. The molecule has 0 saturated heterocycles. The minimum Gasteiger partial charge on any atom is -0.493 e. The fraction of sp³-hybridized carbons (Fsp3) is 0.161. The van der Waals surface area contributed by atoms with Gasteiger partial charge in [0.05, 0.1) is 36.1 Å². The number of amides is 2. The van der Waals surface area contributed by atoms with Gasteiger partial charge in [0.2, 0.25) is 5.91 Å². The zero-order valence-electron chi connectivity index (χ0n) is 22.7. The van der Waals surface area contributed by atoms with E-state index in [1.807, 2.05) is 30.3 Å². The highest BCUT2D eigenvalue weighted by Crippen LogP contribution is 2.32. The summed E-state index contributed by atoms with van der Waals surface area (Å²) in [6, 6.07) is 28.9. The third kappa shape index (κ3) is 7.23. The fourth-order valence-electron chi connectivity index (χ4n) is 4.18. The van der Waals surface area contributed by atoms with Crippen molar-refractivity contribution in [3.63, 3.8) is 0 Å². The second-order valence-electron chi connectivity index (χ2n) is 8.95. The molecule has 0 aliphatic rings. The van der Waals surface area contributed by atoms with Crippen LogP contribution in [-0.4, -0.2) is 47.5 Å². The molecule has 0 aliphatic carbocycles. The Balaban J connectivity index is 1.54. The molecule has 4 aromatic carbocycles. The number of rotatable bonds is 12. The highest BCUT2D eigenvalue weighted by atomic mass is 32.2. The van der Waals surface area contributed by atoms with Gasteiger partial charge in [-0.3, -0.25) is 13.9 Å². The van der Waals surface area contributed by atoms with Crippen LogP contribution in [0, 0.1) is 0 Å². The van der Waals surface area contributed by atoms with Gasteiger partial charge in [0.25, 0.3) is 15.9 Å². The van der Waals surface area contributed by atoms with Crippen molar-refractivity contribution >= 4 is 33.2 Å². The first-order chi connectivity index (χ1) is 19.8. The lowest BCUT2D eigenvalue weighted by Crippen LogP contribution is -2.38. The molecule has 4 rings (SSSR count). The highest BCUT2D eigenvalue weighted by molar-refractivity contribution is 7.92. The lowest BCUT2D eigenvalue weighted by molar-refractivity contribution is -0.114. The summed E-state index contributed by atoms with van der Waals surface area (Å²) in [4.78, 5) is 26.1. The largest absolute Gasteiger partial charge is 0.493 e. The molecular formula is C31H31N3O6S. The minimum atomic E-state index is -4.21. The predicted octanol–water partition coefficient (Wildman–Crippen LogP) is 4.51. The summed E-state index contributed by atoms with van der Waals surface area (Å²) in [6.45, 7) is -0.124. The smallest absolute Gasteiger partial charge is 0.264 e. The van der Waals surface area contributed by atoms with Crippen LogP contribution in [0.1, 0.15) is 15.9 Å². The maximum Gasteiger partial charge on any atom is 0.264 e. The van der Waals surface area contributed by atoms with Crippen LogP contribution < -0.4 is 24.4 Å². The van der Waals surface area contributed by atoms with Crippen LogP contribution in [0.3, 0.4) is 0 Å². The standard InChI is InChI=1S/C31H31N3O6S/c1-39-28-18-17-25(21-29(28)40-2)41(37,38)34(24-13-7-4-8-14-24)22-30(35)33-27-16-10-9-15-26(27)31(36)32-20-19-23-11-5-3-6-12-23/h3-18,21H,19-20,22H2,1-2H3,(H,32,36)(H,33,35). The first-order valence-electron chi connectivity index (χ1n) is 12.8. The molecule has 0 saturated carbocycles. The van der Waals surface area contributed by atoms with Crippen molar-refractivity contribution in [2.45, 2.75) is 11.3 Å². The summed E-state index contributed by atoms with van der Waals surface area (Å²) in [5.74, 6) is -0.371. The lowest BCUT2D eigenvalue weighted by atomic mass is 10.1. The molecule has 0 aliphatic heterocycles. The summed E-state index contributed by atoms with van der Waals surface area (Å²) in [6.07, 6.45) is 0.654. The maximum atomic E-state index is 13.8. The molecule has 0 spiro atoms. The van der Waals surface area contributed by atoms with E-state index >= 15 is 0 Å². The molecule has 41 heavy (non-hydrogen) atoms. The van der Waals surface area contributed by atoms with Gasteiger partial charge < -0.3 is 20.1 Å². The Morgan fingerprint density at radius 3 is 2.10 bits per heavy atom. The lowest BCUT2D eigenvalue weighted by Gasteiger charge is -2.24. The molecule has 0 bridgehead atoms. The maximum absolute atomic E-state index is 13.8. The summed E-state index contributed by atoms with van der Waals surface area (Å²) in [7, 11) is -1.35. The molecule has 0 heterocycles. The molecule has 4 aromatic rings. The first-order valence-corrected chi connectivity index (χ1v) is 14.3. The van der Waals surface area contributed by atoms with Crippen molar-refractivity contribution in [2.75, 3.05) is 36.9 Å². The second kappa shape index (κ2) is 13.5. The van der Waals surface area contributed by atoms with Crippen LogP contribution in [0.25, 0.3) is 0 Å². The number of benzene rings is 4. The number of anilines is 2. The predicted molar refractivity (Wildman–Crippen MR) is 158 cm³/mol. The molecule has 9 nitrogen and oxygen atoms in total. The summed E-state index contributed by atoms with van der Waals surface area (Å²) in [5, 5.41) is 5.59. The first kappa shape index (κ1) is 29.2. The van der Waals surface area contributed by atoms with E-state index in [0.717, 1.165) is 9.87 Å². The molecule has 2 N–H and O–H groups in total. The van der Waals surface area contributed by atoms with Gasteiger partial charge in [0.1, 0.15) is 6.54 Å². The van der Waals surface area contributed by atoms with Crippen LogP contribution in [-0.2, 0) is 21.2 Å². The molecule has 2 amide bonds. The Bertz CT molecular complexity index is 1590. The summed E-state index contributed by atoms with van der Waals surface area (Å²) < 4.78 is 39.1. The number of para-hydroxylation sites is 2. The van der Waals surface area contributed by atoms with Gasteiger partial charge in [-0.05, 0) is 48.4 Å². The van der Waals surface area contributed by atoms with Gasteiger partial charge in [-0.15, -0.1) is 0 Å². The van der Waals surface area contributed by atoms with Crippen LogP contribution >= 0.6 is 0 Å². The Kier molecular flexibility index (Phi) is 9.60. The van der Waals surface area contributed by atoms with Crippen LogP contribution in [0.15, 0.2) is 108 Å².